The van der Waals surface area contributed by atoms with Gasteiger partial charge in [0.1, 0.15) is 0 Å². The smallest absolute Gasteiger partial charge is 0.313 e. The van der Waals surface area contributed by atoms with Gasteiger partial charge in [0.2, 0.25) is 5.91 Å². The molecule has 4 nitrogen and oxygen atoms in total. The maximum absolute atomic E-state index is 11.9. The quantitative estimate of drug-likeness (QED) is 0.723. The van der Waals surface area contributed by atoms with Crippen LogP contribution in [0.5, 0.6) is 0 Å². The van der Waals surface area contributed by atoms with Crippen molar-refractivity contribution in [2.45, 2.75) is 13.3 Å². The van der Waals surface area contributed by atoms with E-state index in [4.69, 9.17) is 16.7 Å². The summed E-state index contributed by atoms with van der Waals surface area (Å²) in [6.07, 6.45) is 0.634. The summed E-state index contributed by atoms with van der Waals surface area (Å²) < 4.78 is 0. The second-order valence-corrected chi connectivity index (χ2v) is 6.01. The first-order chi connectivity index (χ1) is 9.49. The molecule has 0 spiro atoms. The van der Waals surface area contributed by atoms with Crippen molar-refractivity contribution < 1.29 is 14.7 Å². The Kier molecular flexibility index (Phi) is 7.47. The summed E-state index contributed by atoms with van der Waals surface area (Å²) in [4.78, 5) is 22.2. The highest BCUT2D eigenvalue weighted by Gasteiger charge is 2.13. The monoisotopic (exact) mass is 315 g/mol. The van der Waals surface area contributed by atoms with E-state index >= 15 is 0 Å². The third-order valence-electron chi connectivity index (χ3n) is 2.65. The van der Waals surface area contributed by atoms with Gasteiger partial charge in [-0.3, -0.25) is 9.59 Å². The van der Waals surface area contributed by atoms with E-state index in [1.807, 2.05) is 25.1 Å². The van der Waals surface area contributed by atoms with Gasteiger partial charge in [-0.05, 0) is 24.1 Å². The van der Waals surface area contributed by atoms with Gasteiger partial charge in [-0.2, -0.15) is 0 Å². The summed E-state index contributed by atoms with van der Waals surface area (Å²) >= 11 is 7.19. The van der Waals surface area contributed by atoms with Crippen LogP contribution in [0, 0.1) is 5.92 Å². The molecule has 0 aliphatic heterocycles. The van der Waals surface area contributed by atoms with E-state index in [0.717, 1.165) is 5.56 Å². The lowest BCUT2D eigenvalue weighted by Crippen LogP contribution is -2.32. The van der Waals surface area contributed by atoms with Gasteiger partial charge in [0.05, 0.1) is 5.75 Å². The largest absolute Gasteiger partial charge is 0.481 e. The molecule has 6 heteroatoms. The third-order valence-corrected chi connectivity index (χ3v) is 3.83. The van der Waals surface area contributed by atoms with Crippen molar-refractivity contribution in [3.8, 4) is 0 Å². The van der Waals surface area contributed by atoms with Gasteiger partial charge in [0, 0.05) is 23.2 Å². The lowest BCUT2D eigenvalue weighted by Gasteiger charge is -2.12. The van der Waals surface area contributed by atoms with Crippen LogP contribution in [0.1, 0.15) is 12.5 Å². The molecule has 0 bridgehead atoms. The molecule has 1 aromatic rings. The molecular weight excluding hydrogens is 298 g/mol. The summed E-state index contributed by atoms with van der Waals surface area (Å²) in [6.45, 7) is 2.34. The molecule has 0 aromatic heterocycles. The van der Waals surface area contributed by atoms with Crippen molar-refractivity contribution in [1.29, 1.82) is 0 Å². The highest BCUT2D eigenvalue weighted by atomic mass is 35.5. The van der Waals surface area contributed by atoms with E-state index in [1.54, 1.807) is 6.07 Å². The molecule has 0 aliphatic rings. The zero-order valence-electron chi connectivity index (χ0n) is 11.3. The standard InChI is InChI=1S/C14H18ClNO3S/c1-10(7-11-3-2-4-12(15)8-11)14(19)16-5-6-20-9-13(17)18/h2-4,8,10H,5-7,9H2,1H3,(H,16,19)(H,17,18). The summed E-state index contributed by atoms with van der Waals surface area (Å²) in [5, 5.41) is 11.9. The Morgan fingerprint density at radius 2 is 2.20 bits per heavy atom. The third kappa shape index (κ3) is 6.82. The Hall–Kier alpha value is -1.20. The second kappa shape index (κ2) is 8.87. The van der Waals surface area contributed by atoms with Crippen molar-refractivity contribution >= 4 is 35.2 Å². The lowest BCUT2D eigenvalue weighted by molar-refractivity contribution is -0.133. The number of carbonyl (C=O) groups is 2. The Morgan fingerprint density at radius 3 is 2.85 bits per heavy atom. The predicted octanol–water partition coefficient (Wildman–Crippen LogP) is 2.45. The van der Waals surface area contributed by atoms with E-state index < -0.39 is 5.97 Å². The van der Waals surface area contributed by atoms with Gasteiger partial charge in [-0.1, -0.05) is 30.7 Å². The highest BCUT2D eigenvalue weighted by Crippen LogP contribution is 2.14. The van der Waals surface area contributed by atoms with E-state index in [-0.39, 0.29) is 17.6 Å². The fourth-order valence-electron chi connectivity index (χ4n) is 1.69. The number of hydrogen-bond acceptors (Lipinski definition) is 3. The molecule has 1 atom stereocenters. The number of benzene rings is 1. The molecule has 0 saturated carbocycles. The van der Waals surface area contributed by atoms with Gasteiger partial charge in [0.15, 0.2) is 0 Å². The van der Waals surface area contributed by atoms with Crippen LogP contribution < -0.4 is 5.32 Å². The highest BCUT2D eigenvalue weighted by molar-refractivity contribution is 7.99. The van der Waals surface area contributed by atoms with E-state index in [2.05, 4.69) is 5.32 Å². The number of carbonyl (C=O) groups excluding carboxylic acids is 1. The van der Waals surface area contributed by atoms with Crippen molar-refractivity contribution in [2.75, 3.05) is 18.1 Å². The van der Waals surface area contributed by atoms with Crippen LogP contribution in [0.15, 0.2) is 24.3 Å². The number of nitrogens with one attached hydrogen (secondary N) is 1. The predicted molar refractivity (Wildman–Crippen MR) is 82.3 cm³/mol. The summed E-state index contributed by atoms with van der Waals surface area (Å²) in [5.41, 5.74) is 1.03. The van der Waals surface area contributed by atoms with Gasteiger partial charge in [-0.15, -0.1) is 11.8 Å². The first kappa shape index (κ1) is 16.9. The molecule has 0 aliphatic carbocycles. The Balaban J connectivity index is 2.27. The van der Waals surface area contributed by atoms with Gasteiger partial charge < -0.3 is 10.4 Å². The Morgan fingerprint density at radius 1 is 1.45 bits per heavy atom. The Bertz CT molecular complexity index is 467. The fourth-order valence-corrected chi connectivity index (χ4v) is 2.47. The van der Waals surface area contributed by atoms with Gasteiger partial charge >= 0.3 is 5.97 Å². The molecule has 1 rings (SSSR count). The first-order valence-electron chi connectivity index (χ1n) is 6.30. The van der Waals surface area contributed by atoms with E-state index in [1.165, 1.54) is 11.8 Å². The number of carboxylic acids is 1. The molecule has 110 valence electrons. The molecule has 0 radical (unpaired) electrons. The molecule has 20 heavy (non-hydrogen) atoms. The topological polar surface area (TPSA) is 66.4 Å². The summed E-state index contributed by atoms with van der Waals surface area (Å²) in [7, 11) is 0. The molecule has 2 N–H and O–H groups in total. The van der Waals surface area contributed by atoms with E-state index in [0.29, 0.717) is 23.7 Å². The number of amides is 1. The minimum absolute atomic E-state index is 0.0269. The molecule has 1 aromatic carbocycles. The molecule has 1 unspecified atom stereocenters. The zero-order valence-corrected chi connectivity index (χ0v) is 12.8. The van der Waals surface area contributed by atoms with Gasteiger partial charge in [0.25, 0.3) is 0 Å². The summed E-state index contributed by atoms with van der Waals surface area (Å²) in [6, 6.07) is 7.46. The lowest BCUT2D eigenvalue weighted by atomic mass is 10.0. The fraction of sp³-hybridized carbons (Fsp3) is 0.429. The molecule has 0 heterocycles. The first-order valence-corrected chi connectivity index (χ1v) is 7.84. The minimum Gasteiger partial charge on any atom is -0.481 e. The molecule has 0 saturated heterocycles. The average Bonchev–Trinajstić information content (AvgIpc) is 2.37. The number of thioether (sulfide) groups is 1. The normalized spacial score (nSPS) is 11.9. The SMILES string of the molecule is CC(Cc1cccc(Cl)c1)C(=O)NCCSCC(=O)O. The number of halogens is 1. The molecule has 0 fully saturated rings. The number of carboxylic acid groups (broad SMARTS) is 1. The van der Waals surface area contributed by atoms with Crippen molar-refractivity contribution in [3.05, 3.63) is 34.9 Å². The van der Waals surface area contributed by atoms with Crippen molar-refractivity contribution in [2.24, 2.45) is 5.92 Å². The van der Waals surface area contributed by atoms with Crippen LogP contribution in [-0.2, 0) is 16.0 Å². The number of hydrogen-bond donors (Lipinski definition) is 2. The van der Waals surface area contributed by atoms with E-state index in [9.17, 15) is 9.59 Å². The van der Waals surface area contributed by atoms with Crippen LogP contribution in [-0.4, -0.2) is 35.0 Å². The number of rotatable bonds is 8. The van der Waals surface area contributed by atoms with Crippen LogP contribution in [0.25, 0.3) is 0 Å². The zero-order chi connectivity index (χ0) is 15.0. The van der Waals surface area contributed by atoms with Crippen molar-refractivity contribution in [3.63, 3.8) is 0 Å². The summed E-state index contributed by atoms with van der Waals surface area (Å²) in [5.74, 6) is -0.343. The van der Waals surface area contributed by atoms with Crippen molar-refractivity contribution in [1.82, 2.24) is 5.32 Å². The second-order valence-electron chi connectivity index (χ2n) is 4.47. The average molecular weight is 316 g/mol. The van der Waals surface area contributed by atoms with Crippen LogP contribution in [0.3, 0.4) is 0 Å². The molecular formula is C14H18ClNO3S. The van der Waals surface area contributed by atoms with Gasteiger partial charge in [-0.25, -0.2) is 0 Å². The van der Waals surface area contributed by atoms with Crippen LogP contribution in [0.4, 0.5) is 0 Å². The molecule has 1 amide bonds. The number of aliphatic carboxylic acids is 1. The van der Waals surface area contributed by atoms with Crippen LogP contribution >= 0.6 is 23.4 Å². The maximum Gasteiger partial charge on any atom is 0.313 e. The Labute approximate surface area is 127 Å². The minimum atomic E-state index is -0.837. The van der Waals surface area contributed by atoms with Crippen LogP contribution in [0.2, 0.25) is 5.02 Å². The maximum atomic E-state index is 11.9.